The van der Waals surface area contributed by atoms with Gasteiger partial charge in [-0.15, -0.1) is 11.8 Å². The monoisotopic (exact) mass is 340 g/mol. The first-order valence-electron chi connectivity index (χ1n) is 7.67. The Morgan fingerprint density at radius 3 is 2.91 bits per heavy atom. The van der Waals surface area contributed by atoms with Crippen LogP contribution in [0.25, 0.3) is 0 Å². The molecule has 1 aliphatic heterocycles. The van der Waals surface area contributed by atoms with Gasteiger partial charge in [0.15, 0.2) is 0 Å². The maximum atomic E-state index is 12.6. The summed E-state index contributed by atoms with van der Waals surface area (Å²) in [5, 5.41) is 0. The molecule has 122 valence electrons. The van der Waals surface area contributed by atoms with Gasteiger partial charge >= 0.3 is 0 Å². The van der Waals surface area contributed by atoms with E-state index in [2.05, 4.69) is 6.92 Å². The molecule has 1 amide bonds. The molecule has 0 saturated carbocycles. The number of nitrogens with one attached hydrogen (secondary N) is 1. The molecule has 1 N–H and O–H groups in total. The Morgan fingerprint density at radius 2 is 2.27 bits per heavy atom. The van der Waals surface area contributed by atoms with Crippen LogP contribution in [0, 0.1) is 4.78 Å². The first-order valence-corrected chi connectivity index (χ1v) is 10.6. The van der Waals surface area contributed by atoms with Gasteiger partial charge in [0, 0.05) is 39.0 Å². The second kappa shape index (κ2) is 7.51. The minimum atomic E-state index is -2.48. The molecule has 1 aromatic rings. The summed E-state index contributed by atoms with van der Waals surface area (Å²) in [5.74, 6) is 1.73. The highest BCUT2D eigenvalue weighted by Gasteiger charge is 2.30. The molecular formula is C16H24N2O2S2. The van der Waals surface area contributed by atoms with Gasteiger partial charge in [-0.2, -0.15) is 0 Å². The minimum Gasteiger partial charge on any atom is -0.338 e. The van der Waals surface area contributed by atoms with E-state index in [1.165, 1.54) is 12.8 Å². The van der Waals surface area contributed by atoms with Gasteiger partial charge in [-0.25, -0.2) is 4.21 Å². The average molecular weight is 341 g/mol. The van der Waals surface area contributed by atoms with Gasteiger partial charge in [-0.1, -0.05) is 19.4 Å². The highest BCUT2D eigenvalue weighted by molar-refractivity contribution is 7.99. The van der Waals surface area contributed by atoms with Crippen molar-refractivity contribution in [3.05, 3.63) is 29.8 Å². The van der Waals surface area contributed by atoms with Crippen LogP contribution in [-0.2, 0) is 9.73 Å². The van der Waals surface area contributed by atoms with E-state index < -0.39 is 9.73 Å². The summed E-state index contributed by atoms with van der Waals surface area (Å²) < 4.78 is 19.5. The van der Waals surface area contributed by atoms with Crippen LogP contribution in [0.15, 0.2) is 29.2 Å². The molecule has 4 nitrogen and oxygen atoms in total. The van der Waals surface area contributed by atoms with E-state index in [0.717, 1.165) is 10.6 Å². The van der Waals surface area contributed by atoms with Crippen LogP contribution in [0.1, 0.15) is 36.5 Å². The summed E-state index contributed by atoms with van der Waals surface area (Å²) in [7, 11) is -0.723. The van der Waals surface area contributed by atoms with Gasteiger partial charge in [-0.05, 0) is 36.8 Å². The number of hydrogen-bond acceptors (Lipinski definition) is 4. The van der Waals surface area contributed by atoms with Gasteiger partial charge in [0.05, 0.1) is 5.75 Å². The molecule has 1 fully saturated rings. The van der Waals surface area contributed by atoms with E-state index in [-0.39, 0.29) is 11.9 Å². The Hall–Kier alpha value is -1.01. The molecule has 6 heteroatoms. The van der Waals surface area contributed by atoms with Crippen LogP contribution >= 0.6 is 11.8 Å². The normalized spacial score (nSPS) is 24.4. The topological polar surface area (TPSA) is 61.2 Å². The van der Waals surface area contributed by atoms with E-state index in [1.807, 2.05) is 24.3 Å². The van der Waals surface area contributed by atoms with E-state index >= 15 is 0 Å². The van der Waals surface area contributed by atoms with Crippen LogP contribution in [0.2, 0.25) is 0 Å². The summed E-state index contributed by atoms with van der Waals surface area (Å²) in [5.41, 5.74) is 0.673. The number of hydrogen-bond donors (Lipinski definition) is 1. The Bertz CT molecular complexity index is 629. The predicted molar refractivity (Wildman–Crippen MR) is 93.2 cm³/mol. The first kappa shape index (κ1) is 17.3. The summed E-state index contributed by atoms with van der Waals surface area (Å²) >= 11 is 1.77. The van der Waals surface area contributed by atoms with Gasteiger partial charge < -0.3 is 4.90 Å². The SMILES string of the molecule is CCCCSc1cccc(C(=O)N(C)C2CCS(=N)(=O)C2)c1. The van der Waals surface area contributed by atoms with Crippen molar-refractivity contribution >= 4 is 27.4 Å². The summed E-state index contributed by atoms with van der Waals surface area (Å²) in [4.78, 5) is 15.4. The number of thioether (sulfide) groups is 1. The molecule has 2 unspecified atom stereocenters. The lowest BCUT2D eigenvalue weighted by molar-refractivity contribution is 0.0747. The molecule has 0 aliphatic carbocycles. The van der Waals surface area contributed by atoms with Gasteiger partial charge in [0.1, 0.15) is 0 Å². The first-order chi connectivity index (χ1) is 10.4. The van der Waals surface area contributed by atoms with Crippen LogP contribution in [0.3, 0.4) is 0 Å². The molecule has 0 spiro atoms. The fraction of sp³-hybridized carbons (Fsp3) is 0.562. The lowest BCUT2D eigenvalue weighted by atomic mass is 10.1. The zero-order valence-corrected chi connectivity index (χ0v) is 14.8. The third kappa shape index (κ3) is 4.49. The van der Waals surface area contributed by atoms with Crippen molar-refractivity contribution in [3.63, 3.8) is 0 Å². The number of nitrogens with zero attached hydrogens (tertiary/aromatic N) is 1. The molecule has 1 aromatic carbocycles. The van der Waals surface area contributed by atoms with E-state index in [9.17, 15) is 9.00 Å². The molecule has 1 heterocycles. The number of carbonyl (C=O) groups is 1. The van der Waals surface area contributed by atoms with Crippen molar-refractivity contribution in [2.75, 3.05) is 24.3 Å². The second-order valence-corrected chi connectivity index (χ2v) is 9.30. The number of carbonyl (C=O) groups excluding carboxylic acids is 1. The Labute approximate surface area is 137 Å². The molecule has 22 heavy (non-hydrogen) atoms. The third-order valence-electron chi connectivity index (χ3n) is 3.96. The number of amides is 1. The average Bonchev–Trinajstić information content (AvgIpc) is 2.86. The highest BCUT2D eigenvalue weighted by atomic mass is 32.2. The highest BCUT2D eigenvalue weighted by Crippen LogP contribution is 2.23. The van der Waals surface area contributed by atoms with Gasteiger partial charge in [0.2, 0.25) is 0 Å². The van der Waals surface area contributed by atoms with Crippen molar-refractivity contribution < 1.29 is 9.00 Å². The van der Waals surface area contributed by atoms with Crippen LogP contribution in [0.5, 0.6) is 0 Å². The Kier molecular flexibility index (Phi) is 5.92. The standard InChI is InChI=1S/C16H24N2O2S2/c1-3-4-9-21-15-7-5-6-13(11-15)16(19)18(2)14-8-10-22(17,20)12-14/h5-7,11,14,17H,3-4,8-10,12H2,1-2H3. The van der Waals surface area contributed by atoms with Crippen molar-refractivity contribution in [3.8, 4) is 0 Å². The molecule has 1 saturated heterocycles. The summed E-state index contributed by atoms with van der Waals surface area (Å²) in [6.45, 7) is 2.17. The molecule has 1 aliphatic rings. The molecular weight excluding hydrogens is 316 g/mol. The Morgan fingerprint density at radius 1 is 1.50 bits per heavy atom. The smallest absolute Gasteiger partial charge is 0.253 e. The zero-order chi connectivity index (χ0) is 16.2. The predicted octanol–water partition coefficient (Wildman–Crippen LogP) is 3.47. The largest absolute Gasteiger partial charge is 0.338 e. The molecule has 2 atom stereocenters. The van der Waals surface area contributed by atoms with Gasteiger partial charge in [-0.3, -0.25) is 9.57 Å². The zero-order valence-electron chi connectivity index (χ0n) is 13.2. The Balaban J connectivity index is 2.04. The van der Waals surface area contributed by atoms with Crippen molar-refractivity contribution in [2.45, 2.75) is 37.1 Å². The fourth-order valence-corrected chi connectivity index (χ4v) is 5.42. The molecule has 0 radical (unpaired) electrons. The second-order valence-electron chi connectivity index (χ2n) is 5.77. The molecule has 0 bridgehead atoms. The minimum absolute atomic E-state index is 0.0416. The number of unbranched alkanes of at least 4 members (excludes halogenated alkanes) is 1. The number of benzene rings is 1. The van der Waals surface area contributed by atoms with Crippen LogP contribution in [0.4, 0.5) is 0 Å². The van der Waals surface area contributed by atoms with E-state index in [4.69, 9.17) is 4.78 Å². The van der Waals surface area contributed by atoms with Crippen molar-refractivity contribution in [2.24, 2.45) is 0 Å². The van der Waals surface area contributed by atoms with E-state index in [1.54, 1.807) is 23.7 Å². The third-order valence-corrected chi connectivity index (χ3v) is 6.86. The number of rotatable bonds is 6. The summed E-state index contributed by atoms with van der Waals surface area (Å²) in [6, 6.07) is 7.64. The van der Waals surface area contributed by atoms with E-state index in [0.29, 0.717) is 23.5 Å². The van der Waals surface area contributed by atoms with Crippen LogP contribution in [-0.4, -0.2) is 45.4 Å². The summed E-state index contributed by atoms with van der Waals surface area (Å²) in [6.07, 6.45) is 3.00. The lowest BCUT2D eigenvalue weighted by Gasteiger charge is -2.23. The van der Waals surface area contributed by atoms with Crippen molar-refractivity contribution in [1.82, 2.24) is 4.90 Å². The molecule has 2 rings (SSSR count). The van der Waals surface area contributed by atoms with Crippen molar-refractivity contribution in [1.29, 1.82) is 4.78 Å². The maximum Gasteiger partial charge on any atom is 0.253 e. The lowest BCUT2D eigenvalue weighted by Crippen LogP contribution is -2.37. The fourth-order valence-electron chi connectivity index (χ4n) is 2.53. The quantitative estimate of drug-likeness (QED) is 0.637. The van der Waals surface area contributed by atoms with Crippen LogP contribution < -0.4 is 0 Å². The molecule has 0 aromatic heterocycles. The maximum absolute atomic E-state index is 12.6. The van der Waals surface area contributed by atoms with Gasteiger partial charge in [0.25, 0.3) is 5.91 Å².